The Morgan fingerprint density at radius 2 is 1.88 bits per heavy atom. The number of benzene rings is 2. The highest BCUT2D eigenvalue weighted by Crippen LogP contribution is 2.23. The summed E-state index contributed by atoms with van der Waals surface area (Å²) in [7, 11) is 0. The number of aryl methyl sites for hydroxylation is 1. The maximum Gasteiger partial charge on any atom is 0.263 e. The van der Waals surface area contributed by atoms with Crippen LogP contribution in [0.15, 0.2) is 54.6 Å². The zero-order chi connectivity index (χ0) is 16.9. The molecule has 0 aliphatic carbocycles. The summed E-state index contributed by atoms with van der Waals surface area (Å²) >= 11 is 0. The lowest BCUT2D eigenvalue weighted by molar-refractivity contribution is -0.145. The molecule has 0 spiro atoms. The molecule has 2 unspecified atom stereocenters. The highest BCUT2D eigenvalue weighted by Gasteiger charge is 2.29. The van der Waals surface area contributed by atoms with E-state index in [-0.39, 0.29) is 12.0 Å². The lowest BCUT2D eigenvalue weighted by Crippen LogP contribution is -2.47. The van der Waals surface area contributed by atoms with Crippen LogP contribution < -0.4 is 4.74 Å². The van der Waals surface area contributed by atoms with E-state index in [1.54, 1.807) is 6.92 Å². The van der Waals surface area contributed by atoms with E-state index in [1.807, 2.05) is 66.4 Å². The molecule has 126 valence electrons. The minimum atomic E-state index is -0.512. The monoisotopic (exact) mass is 325 g/mol. The van der Waals surface area contributed by atoms with Gasteiger partial charge in [0, 0.05) is 6.54 Å². The summed E-state index contributed by atoms with van der Waals surface area (Å²) in [5, 5.41) is 0. The van der Waals surface area contributed by atoms with Crippen LogP contribution in [0.2, 0.25) is 0 Å². The Morgan fingerprint density at radius 1 is 1.17 bits per heavy atom. The van der Waals surface area contributed by atoms with Crippen molar-refractivity contribution in [3.8, 4) is 5.75 Å². The van der Waals surface area contributed by atoms with Crippen LogP contribution in [-0.2, 0) is 9.53 Å². The topological polar surface area (TPSA) is 38.8 Å². The van der Waals surface area contributed by atoms with Gasteiger partial charge in [0.1, 0.15) is 11.9 Å². The molecule has 0 N–H and O–H groups in total. The molecule has 1 aliphatic heterocycles. The Balaban J connectivity index is 1.62. The van der Waals surface area contributed by atoms with Gasteiger partial charge in [0.2, 0.25) is 0 Å². The van der Waals surface area contributed by atoms with Gasteiger partial charge in [-0.05, 0) is 31.5 Å². The van der Waals surface area contributed by atoms with Crippen molar-refractivity contribution in [3.63, 3.8) is 0 Å². The smallest absolute Gasteiger partial charge is 0.263 e. The third kappa shape index (κ3) is 3.95. The molecule has 24 heavy (non-hydrogen) atoms. The molecule has 1 fully saturated rings. The molecule has 0 radical (unpaired) electrons. The molecule has 0 bridgehead atoms. The molecular weight excluding hydrogens is 302 g/mol. The number of carbonyl (C=O) groups excluding carboxylic acids is 1. The first kappa shape index (κ1) is 16.5. The Morgan fingerprint density at radius 3 is 2.58 bits per heavy atom. The van der Waals surface area contributed by atoms with Gasteiger partial charge in [0.25, 0.3) is 5.91 Å². The van der Waals surface area contributed by atoms with Gasteiger partial charge in [-0.2, -0.15) is 0 Å². The number of rotatable bonds is 4. The first-order chi connectivity index (χ1) is 11.6. The van der Waals surface area contributed by atoms with Crippen LogP contribution >= 0.6 is 0 Å². The molecule has 0 saturated carbocycles. The van der Waals surface area contributed by atoms with Crippen LogP contribution in [0, 0.1) is 6.92 Å². The van der Waals surface area contributed by atoms with Crippen molar-refractivity contribution in [2.75, 3.05) is 19.7 Å². The minimum Gasteiger partial charge on any atom is -0.481 e. The normalized spacial score (nSPS) is 18.9. The second-order valence-electron chi connectivity index (χ2n) is 6.13. The number of hydrogen-bond acceptors (Lipinski definition) is 3. The number of amides is 1. The van der Waals surface area contributed by atoms with Crippen molar-refractivity contribution in [1.82, 2.24) is 4.90 Å². The fraction of sp³-hybridized carbons (Fsp3) is 0.350. The van der Waals surface area contributed by atoms with E-state index in [2.05, 4.69) is 0 Å². The summed E-state index contributed by atoms with van der Waals surface area (Å²) in [4.78, 5) is 14.5. The lowest BCUT2D eigenvalue weighted by atomic mass is 10.1. The Labute approximate surface area is 143 Å². The Bertz CT molecular complexity index is 669. The molecule has 4 heteroatoms. The molecule has 1 aliphatic rings. The van der Waals surface area contributed by atoms with E-state index < -0.39 is 6.10 Å². The summed E-state index contributed by atoms with van der Waals surface area (Å²) < 4.78 is 11.6. The van der Waals surface area contributed by atoms with E-state index in [9.17, 15) is 4.79 Å². The van der Waals surface area contributed by atoms with Gasteiger partial charge < -0.3 is 14.4 Å². The molecule has 1 heterocycles. The average molecular weight is 325 g/mol. The van der Waals surface area contributed by atoms with E-state index in [0.717, 1.165) is 5.56 Å². The van der Waals surface area contributed by atoms with Gasteiger partial charge in [-0.3, -0.25) is 4.79 Å². The van der Waals surface area contributed by atoms with Crippen molar-refractivity contribution in [2.45, 2.75) is 26.1 Å². The van der Waals surface area contributed by atoms with E-state index >= 15 is 0 Å². The fourth-order valence-electron chi connectivity index (χ4n) is 2.85. The molecule has 2 aromatic rings. The molecule has 4 nitrogen and oxygen atoms in total. The predicted octanol–water partition coefficient (Wildman–Crippen LogP) is 3.36. The second-order valence-corrected chi connectivity index (χ2v) is 6.13. The third-order valence-electron chi connectivity index (χ3n) is 4.23. The van der Waals surface area contributed by atoms with Crippen LogP contribution in [-0.4, -0.2) is 36.6 Å². The number of ether oxygens (including phenoxy) is 2. The quantitative estimate of drug-likeness (QED) is 0.865. The maximum atomic E-state index is 12.7. The van der Waals surface area contributed by atoms with Crippen molar-refractivity contribution in [1.29, 1.82) is 0 Å². The van der Waals surface area contributed by atoms with E-state index in [1.165, 1.54) is 5.56 Å². The molecule has 1 saturated heterocycles. The number of nitrogens with zero attached hydrogens (tertiary/aromatic N) is 1. The Kier molecular flexibility index (Phi) is 5.16. The summed E-state index contributed by atoms with van der Waals surface area (Å²) in [6, 6.07) is 17.8. The molecule has 2 aromatic carbocycles. The first-order valence-electron chi connectivity index (χ1n) is 8.32. The molecule has 3 rings (SSSR count). The molecule has 0 aromatic heterocycles. The largest absolute Gasteiger partial charge is 0.481 e. The summed E-state index contributed by atoms with van der Waals surface area (Å²) in [6.07, 6.45) is -0.585. The van der Waals surface area contributed by atoms with Crippen molar-refractivity contribution in [3.05, 3.63) is 65.7 Å². The van der Waals surface area contributed by atoms with Gasteiger partial charge >= 0.3 is 0 Å². The lowest BCUT2D eigenvalue weighted by Gasteiger charge is -2.34. The van der Waals surface area contributed by atoms with Crippen LogP contribution in [0.4, 0.5) is 0 Å². The SMILES string of the molecule is Cc1ccc(OC(C)C(=O)N2CCOC(c3ccccc3)C2)cc1. The average Bonchev–Trinajstić information content (AvgIpc) is 2.64. The van der Waals surface area contributed by atoms with Gasteiger partial charge in [-0.1, -0.05) is 48.0 Å². The summed E-state index contributed by atoms with van der Waals surface area (Å²) in [5.74, 6) is 0.717. The second kappa shape index (κ2) is 7.49. The standard InChI is InChI=1S/C20H23NO3/c1-15-8-10-18(11-9-15)24-16(2)20(22)21-12-13-23-19(14-21)17-6-4-3-5-7-17/h3-11,16,19H,12-14H2,1-2H3. The first-order valence-corrected chi connectivity index (χ1v) is 8.32. The van der Waals surface area contributed by atoms with Gasteiger partial charge in [0.15, 0.2) is 6.10 Å². The molecule has 1 amide bonds. The number of carbonyl (C=O) groups is 1. The van der Waals surface area contributed by atoms with Crippen molar-refractivity contribution >= 4 is 5.91 Å². The predicted molar refractivity (Wildman–Crippen MR) is 93.0 cm³/mol. The van der Waals surface area contributed by atoms with E-state index in [0.29, 0.717) is 25.4 Å². The number of hydrogen-bond donors (Lipinski definition) is 0. The zero-order valence-electron chi connectivity index (χ0n) is 14.1. The number of morpholine rings is 1. The van der Waals surface area contributed by atoms with Gasteiger partial charge in [-0.15, -0.1) is 0 Å². The van der Waals surface area contributed by atoms with Crippen LogP contribution in [0.3, 0.4) is 0 Å². The molecular formula is C20H23NO3. The third-order valence-corrected chi connectivity index (χ3v) is 4.23. The van der Waals surface area contributed by atoms with Gasteiger partial charge in [-0.25, -0.2) is 0 Å². The Hall–Kier alpha value is -2.33. The summed E-state index contributed by atoms with van der Waals surface area (Å²) in [6.45, 7) is 5.53. The highest BCUT2D eigenvalue weighted by atomic mass is 16.5. The summed E-state index contributed by atoms with van der Waals surface area (Å²) in [5.41, 5.74) is 2.27. The maximum absolute atomic E-state index is 12.7. The fourth-order valence-corrected chi connectivity index (χ4v) is 2.85. The zero-order valence-corrected chi connectivity index (χ0v) is 14.1. The van der Waals surface area contributed by atoms with Gasteiger partial charge in [0.05, 0.1) is 13.2 Å². The van der Waals surface area contributed by atoms with Crippen LogP contribution in [0.1, 0.15) is 24.2 Å². The van der Waals surface area contributed by atoms with E-state index in [4.69, 9.17) is 9.47 Å². The van der Waals surface area contributed by atoms with Crippen LogP contribution in [0.25, 0.3) is 0 Å². The minimum absolute atomic E-state index is 0.000180. The highest BCUT2D eigenvalue weighted by molar-refractivity contribution is 5.81. The van der Waals surface area contributed by atoms with Crippen molar-refractivity contribution in [2.24, 2.45) is 0 Å². The van der Waals surface area contributed by atoms with Crippen molar-refractivity contribution < 1.29 is 14.3 Å². The van der Waals surface area contributed by atoms with Crippen LogP contribution in [0.5, 0.6) is 5.75 Å². The molecule has 2 atom stereocenters.